The highest BCUT2D eigenvalue weighted by atomic mass is 127. The number of rotatable bonds is 8. The minimum Gasteiger partial charge on any atom is -0.367 e. The van der Waals surface area contributed by atoms with Crippen molar-refractivity contribution in [3.05, 3.63) is 71.3 Å². The summed E-state index contributed by atoms with van der Waals surface area (Å²) < 4.78 is 40.9. The van der Waals surface area contributed by atoms with E-state index in [1.165, 1.54) is 5.56 Å². The lowest BCUT2D eigenvalue weighted by Crippen LogP contribution is -2.38. The van der Waals surface area contributed by atoms with Crippen LogP contribution in [0, 0.1) is 0 Å². The topological polar surface area (TPSA) is 45.7 Å². The van der Waals surface area contributed by atoms with Crippen LogP contribution in [0.4, 0.5) is 13.2 Å². The summed E-state index contributed by atoms with van der Waals surface area (Å²) in [5, 5.41) is 6.54. The summed E-state index contributed by atoms with van der Waals surface area (Å²) >= 11 is 0. The van der Waals surface area contributed by atoms with E-state index in [2.05, 4.69) is 39.4 Å². The Morgan fingerprint density at radius 3 is 2.21 bits per heavy atom. The third-order valence-electron chi connectivity index (χ3n) is 4.19. The molecule has 0 aliphatic carbocycles. The maximum atomic E-state index is 12.1. The van der Waals surface area contributed by atoms with E-state index in [0.29, 0.717) is 24.0 Å². The van der Waals surface area contributed by atoms with E-state index < -0.39 is 12.8 Å². The van der Waals surface area contributed by atoms with Crippen molar-refractivity contribution in [3.8, 4) is 0 Å². The van der Waals surface area contributed by atoms with Crippen molar-refractivity contribution in [3.63, 3.8) is 0 Å². The first-order chi connectivity index (χ1) is 13.4. The van der Waals surface area contributed by atoms with E-state index in [-0.39, 0.29) is 30.6 Å². The van der Waals surface area contributed by atoms with Crippen molar-refractivity contribution in [1.82, 2.24) is 10.6 Å². The molecule has 0 spiro atoms. The molecule has 2 rings (SSSR count). The lowest BCUT2D eigenvalue weighted by molar-refractivity contribution is -0.176. The largest absolute Gasteiger partial charge is 0.411 e. The van der Waals surface area contributed by atoms with Crippen molar-refractivity contribution >= 4 is 29.9 Å². The molecule has 0 aromatic heterocycles. The standard InChI is InChI=1S/C21H26F3N3O.HI/c1-16(19-6-4-3-5-7-19)12-26-20(25-2)27-13-17-8-10-18(11-9-17)14-28-15-21(22,23)24;/h3-11,16H,12-15H2,1-2H3,(H2,25,26,27);1H. The molecule has 0 aliphatic rings. The van der Waals surface area contributed by atoms with Gasteiger partial charge >= 0.3 is 6.18 Å². The van der Waals surface area contributed by atoms with Crippen molar-refractivity contribution in [2.75, 3.05) is 20.2 Å². The molecule has 1 unspecified atom stereocenters. The van der Waals surface area contributed by atoms with Gasteiger partial charge in [-0.25, -0.2) is 0 Å². The fourth-order valence-electron chi connectivity index (χ4n) is 2.59. The van der Waals surface area contributed by atoms with Crippen LogP contribution >= 0.6 is 24.0 Å². The molecule has 0 heterocycles. The van der Waals surface area contributed by atoms with Gasteiger partial charge in [-0.2, -0.15) is 13.2 Å². The van der Waals surface area contributed by atoms with Crippen LogP contribution in [-0.2, 0) is 17.9 Å². The van der Waals surface area contributed by atoms with Crippen LogP contribution < -0.4 is 10.6 Å². The smallest absolute Gasteiger partial charge is 0.367 e. The van der Waals surface area contributed by atoms with Gasteiger partial charge in [0.25, 0.3) is 0 Å². The zero-order chi connectivity index (χ0) is 20.4. The lowest BCUT2D eigenvalue weighted by atomic mass is 10.0. The van der Waals surface area contributed by atoms with Crippen molar-refractivity contribution in [2.24, 2.45) is 4.99 Å². The van der Waals surface area contributed by atoms with Gasteiger partial charge in [0.15, 0.2) is 5.96 Å². The summed E-state index contributed by atoms with van der Waals surface area (Å²) in [6.07, 6.45) is -4.30. The number of benzene rings is 2. The van der Waals surface area contributed by atoms with Gasteiger partial charge in [0.05, 0.1) is 6.61 Å². The Bertz CT molecular complexity index is 737. The fourth-order valence-corrected chi connectivity index (χ4v) is 2.59. The Morgan fingerprint density at radius 2 is 1.62 bits per heavy atom. The molecule has 0 saturated heterocycles. The highest BCUT2D eigenvalue weighted by Gasteiger charge is 2.27. The first kappa shape index (κ1) is 25.2. The third kappa shape index (κ3) is 9.98. The van der Waals surface area contributed by atoms with Crippen LogP contribution in [0.5, 0.6) is 0 Å². The van der Waals surface area contributed by atoms with Gasteiger partial charge in [0.1, 0.15) is 6.61 Å². The van der Waals surface area contributed by atoms with Crippen LogP contribution in [0.2, 0.25) is 0 Å². The van der Waals surface area contributed by atoms with E-state index in [4.69, 9.17) is 0 Å². The molecule has 0 amide bonds. The first-order valence-corrected chi connectivity index (χ1v) is 9.09. The predicted octanol–water partition coefficient (Wildman–Crippen LogP) is 4.85. The van der Waals surface area contributed by atoms with Gasteiger partial charge in [0, 0.05) is 20.1 Å². The van der Waals surface area contributed by atoms with Gasteiger partial charge in [-0.05, 0) is 22.6 Å². The Morgan fingerprint density at radius 1 is 1.00 bits per heavy atom. The highest BCUT2D eigenvalue weighted by Crippen LogP contribution is 2.16. The van der Waals surface area contributed by atoms with Crippen molar-refractivity contribution in [1.29, 1.82) is 0 Å². The SMILES string of the molecule is CN=C(NCc1ccc(COCC(F)(F)F)cc1)NCC(C)c1ccccc1.I. The van der Waals surface area contributed by atoms with E-state index in [9.17, 15) is 13.2 Å². The number of ether oxygens (including phenoxy) is 1. The molecule has 2 aromatic carbocycles. The molecule has 2 aromatic rings. The maximum absolute atomic E-state index is 12.1. The normalized spacial score (nSPS) is 12.8. The summed E-state index contributed by atoms with van der Waals surface area (Å²) in [5.74, 6) is 1.04. The summed E-state index contributed by atoms with van der Waals surface area (Å²) in [7, 11) is 1.71. The molecule has 0 aliphatic heterocycles. The number of halogens is 4. The van der Waals surface area contributed by atoms with Crippen molar-refractivity contribution < 1.29 is 17.9 Å². The number of alkyl halides is 3. The van der Waals surface area contributed by atoms with Crippen LogP contribution in [-0.4, -0.2) is 32.3 Å². The molecule has 0 radical (unpaired) electrons. The van der Waals surface area contributed by atoms with Crippen molar-refractivity contribution in [2.45, 2.75) is 32.2 Å². The van der Waals surface area contributed by atoms with Crippen LogP contribution in [0.3, 0.4) is 0 Å². The highest BCUT2D eigenvalue weighted by molar-refractivity contribution is 14.0. The summed E-state index contributed by atoms with van der Waals surface area (Å²) in [4.78, 5) is 4.22. The Hall–Kier alpha value is -1.81. The molecule has 1 atom stereocenters. The maximum Gasteiger partial charge on any atom is 0.411 e. The van der Waals surface area contributed by atoms with Gasteiger partial charge < -0.3 is 15.4 Å². The first-order valence-electron chi connectivity index (χ1n) is 9.09. The summed E-state index contributed by atoms with van der Waals surface area (Å²) in [6, 6.07) is 17.5. The molecule has 4 nitrogen and oxygen atoms in total. The minimum absolute atomic E-state index is 0. The lowest BCUT2D eigenvalue weighted by Gasteiger charge is -2.16. The fraction of sp³-hybridized carbons (Fsp3) is 0.381. The number of hydrogen-bond acceptors (Lipinski definition) is 2. The predicted molar refractivity (Wildman–Crippen MR) is 121 cm³/mol. The molecule has 160 valence electrons. The molecule has 0 saturated carbocycles. The zero-order valence-electron chi connectivity index (χ0n) is 16.5. The zero-order valence-corrected chi connectivity index (χ0v) is 18.8. The minimum atomic E-state index is -4.30. The Balaban J connectivity index is 0.00000420. The molecule has 8 heteroatoms. The van der Waals surface area contributed by atoms with Gasteiger partial charge in [0.2, 0.25) is 0 Å². The number of nitrogens with zero attached hydrogens (tertiary/aromatic N) is 1. The van der Waals surface area contributed by atoms with E-state index in [1.807, 2.05) is 30.3 Å². The van der Waals surface area contributed by atoms with Gasteiger partial charge in [-0.1, -0.05) is 61.5 Å². The molecular formula is C21H27F3IN3O. The van der Waals surface area contributed by atoms with Crippen LogP contribution in [0.25, 0.3) is 0 Å². The second-order valence-electron chi connectivity index (χ2n) is 6.54. The third-order valence-corrected chi connectivity index (χ3v) is 4.19. The van der Waals surface area contributed by atoms with Crippen LogP contribution in [0.1, 0.15) is 29.5 Å². The number of nitrogens with one attached hydrogen (secondary N) is 2. The molecule has 2 N–H and O–H groups in total. The van der Waals surface area contributed by atoms with Gasteiger partial charge in [-0.3, -0.25) is 4.99 Å². The van der Waals surface area contributed by atoms with Crippen LogP contribution in [0.15, 0.2) is 59.6 Å². The number of hydrogen-bond donors (Lipinski definition) is 2. The quantitative estimate of drug-likeness (QED) is 0.297. The second-order valence-corrected chi connectivity index (χ2v) is 6.54. The molecular weight excluding hydrogens is 494 g/mol. The number of aliphatic imine (C=N–C) groups is 1. The monoisotopic (exact) mass is 521 g/mol. The van der Waals surface area contributed by atoms with E-state index in [0.717, 1.165) is 12.1 Å². The van der Waals surface area contributed by atoms with Gasteiger partial charge in [-0.15, -0.1) is 24.0 Å². The Labute approximate surface area is 187 Å². The summed E-state index contributed by atoms with van der Waals surface area (Å²) in [5.41, 5.74) is 2.96. The Kier molecular flexibility index (Phi) is 11.0. The second kappa shape index (κ2) is 12.7. The average Bonchev–Trinajstić information content (AvgIpc) is 2.68. The van der Waals surface area contributed by atoms with E-state index >= 15 is 0 Å². The number of guanidine groups is 1. The molecule has 29 heavy (non-hydrogen) atoms. The molecule has 0 fully saturated rings. The summed E-state index contributed by atoms with van der Waals surface area (Å²) in [6.45, 7) is 2.16. The molecule has 0 bridgehead atoms. The van der Waals surface area contributed by atoms with E-state index in [1.54, 1.807) is 19.2 Å². The average molecular weight is 521 g/mol.